The molecular weight excluding hydrogens is 308 g/mol. The zero-order valence-corrected chi connectivity index (χ0v) is 10.1. The highest BCUT2D eigenvalue weighted by Gasteiger charge is 2.36. The SMILES string of the molecule is CC(C)(C)n1cc(C(F)(F)F)c(I)n1. The molecule has 0 saturated carbocycles. The summed E-state index contributed by atoms with van der Waals surface area (Å²) in [6, 6.07) is 0. The van der Waals surface area contributed by atoms with Crippen LogP contribution in [0.5, 0.6) is 0 Å². The Labute approximate surface area is 93.6 Å². The van der Waals surface area contributed by atoms with Crippen molar-refractivity contribution in [1.82, 2.24) is 9.78 Å². The van der Waals surface area contributed by atoms with Gasteiger partial charge in [0.25, 0.3) is 0 Å². The van der Waals surface area contributed by atoms with Crippen molar-refractivity contribution < 1.29 is 13.2 Å². The molecule has 0 amide bonds. The molecule has 0 aromatic carbocycles. The van der Waals surface area contributed by atoms with E-state index in [4.69, 9.17) is 0 Å². The molecule has 2 nitrogen and oxygen atoms in total. The molecule has 1 rings (SSSR count). The van der Waals surface area contributed by atoms with E-state index in [1.165, 1.54) is 4.68 Å². The van der Waals surface area contributed by atoms with Gasteiger partial charge >= 0.3 is 6.18 Å². The van der Waals surface area contributed by atoms with E-state index in [-0.39, 0.29) is 3.70 Å². The van der Waals surface area contributed by atoms with Crippen molar-refractivity contribution in [3.05, 3.63) is 15.5 Å². The maximum absolute atomic E-state index is 12.4. The first-order valence-corrected chi connectivity index (χ1v) is 5.03. The average Bonchev–Trinajstić information content (AvgIpc) is 2.27. The van der Waals surface area contributed by atoms with Gasteiger partial charge in [0.2, 0.25) is 0 Å². The van der Waals surface area contributed by atoms with Gasteiger partial charge in [0.05, 0.1) is 5.54 Å². The van der Waals surface area contributed by atoms with Gasteiger partial charge in [-0.3, -0.25) is 4.68 Å². The third-order valence-corrected chi connectivity index (χ3v) is 2.46. The molecule has 0 atom stereocenters. The van der Waals surface area contributed by atoms with E-state index in [0.717, 1.165) is 6.20 Å². The lowest BCUT2D eigenvalue weighted by Crippen LogP contribution is -2.22. The van der Waals surface area contributed by atoms with Crippen LogP contribution in [0.1, 0.15) is 26.3 Å². The van der Waals surface area contributed by atoms with Crippen molar-refractivity contribution in [3.8, 4) is 0 Å². The fourth-order valence-corrected chi connectivity index (χ4v) is 1.56. The Morgan fingerprint density at radius 2 is 1.79 bits per heavy atom. The fraction of sp³-hybridized carbons (Fsp3) is 0.625. The summed E-state index contributed by atoms with van der Waals surface area (Å²) >= 11 is 1.59. The number of nitrogens with zero attached hydrogens (tertiary/aromatic N) is 2. The van der Waals surface area contributed by atoms with Crippen LogP contribution in [0.3, 0.4) is 0 Å². The van der Waals surface area contributed by atoms with Gasteiger partial charge in [0.1, 0.15) is 9.26 Å². The quantitative estimate of drug-likeness (QED) is 0.672. The standard InChI is InChI=1S/C8H10F3IN2/c1-7(2,3)14-4-5(6(12)13-14)8(9,10)11/h4H,1-3H3. The Hall–Kier alpha value is -0.270. The minimum Gasteiger partial charge on any atom is -0.266 e. The Balaban J connectivity index is 3.19. The third-order valence-electron chi connectivity index (χ3n) is 1.66. The van der Waals surface area contributed by atoms with Crippen LogP contribution in [0.15, 0.2) is 6.20 Å². The van der Waals surface area contributed by atoms with Crippen LogP contribution < -0.4 is 0 Å². The summed E-state index contributed by atoms with van der Waals surface area (Å²) < 4.78 is 38.5. The number of hydrogen-bond acceptors (Lipinski definition) is 1. The number of aromatic nitrogens is 2. The van der Waals surface area contributed by atoms with E-state index in [0.29, 0.717) is 0 Å². The molecule has 0 saturated heterocycles. The summed E-state index contributed by atoms with van der Waals surface area (Å²) in [5.41, 5.74) is -1.10. The second-order valence-corrected chi connectivity index (χ2v) is 4.97. The van der Waals surface area contributed by atoms with Crippen LogP contribution in [0.25, 0.3) is 0 Å². The molecule has 0 aliphatic heterocycles. The summed E-state index contributed by atoms with van der Waals surface area (Å²) in [6.45, 7) is 5.41. The van der Waals surface area contributed by atoms with Gasteiger partial charge < -0.3 is 0 Å². The first-order chi connectivity index (χ1) is 6.12. The summed E-state index contributed by atoms with van der Waals surface area (Å²) in [4.78, 5) is 0. The zero-order valence-electron chi connectivity index (χ0n) is 7.98. The maximum atomic E-state index is 12.4. The highest BCUT2D eigenvalue weighted by atomic mass is 127. The predicted octanol–water partition coefficient (Wildman–Crippen LogP) is 3.26. The lowest BCUT2D eigenvalue weighted by atomic mass is 10.1. The van der Waals surface area contributed by atoms with Crippen molar-refractivity contribution in [2.45, 2.75) is 32.5 Å². The van der Waals surface area contributed by atoms with E-state index in [1.807, 2.05) is 0 Å². The number of alkyl halides is 3. The molecule has 0 fully saturated rings. The van der Waals surface area contributed by atoms with E-state index in [9.17, 15) is 13.2 Å². The van der Waals surface area contributed by atoms with Crippen LogP contribution in [0.4, 0.5) is 13.2 Å². The third kappa shape index (κ3) is 2.40. The molecule has 0 unspecified atom stereocenters. The first-order valence-electron chi connectivity index (χ1n) is 3.95. The molecule has 0 bridgehead atoms. The zero-order chi connectivity index (χ0) is 11.1. The summed E-state index contributed by atoms with van der Waals surface area (Å²) in [5, 5.41) is 3.83. The molecular formula is C8H10F3IN2. The smallest absolute Gasteiger partial charge is 0.266 e. The van der Waals surface area contributed by atoms with Crippen LogP contribution in [-0.4, -0.2) is 9.78 Å². The van der Waals surface area contributed by atoms with Gasteiger partial charge in [-0.25, -0.2) is 0 Å². The highest BCUT2D eigenvalue weighted by Crippen LogP contribution is 2.33. The van der Waals surface area contributed by atoms with Crippen molar-refractivity contribution in [1.29, 1.82) is 0 Å². The van der Waals surface area contributed by atoms with Crippen molar-refractivity contribution in [2.75, 3.05) is 0 Å². The van der Waals surface area contributed by atoms with Crippen molar-refractivity contribution in [3.63, 3.8) is 0 Å². The monoisotopic (exact) mass is 318 g/mol. The number of hydrogen-bond donors (Lipinski definition) is 0. The van der Waals surface area contributed by atoms with Gasteiger partial charge in [-0.15, -0.1) is 0 Å². The minimum absolute atomic E-state index is 0.00924. The van der Waals surface area contributed by atoms with Crippen LogP contribution in [0.2, 0.25) is 0 Å². The second kappa shape index (κ2) is 3.39. The molecule has 0 aliphatic rings. The predicted molar refractivity (Wildman–Crippen MR) is 54.9 cm³/mol. The summed E-state index contributed by atoms with van der Waals surface area (Å²) in [5.74, 6) is 0. The first kappa shape index (κ1) is 11.8. The lowest BCUT2D eigenvalue weighted by molar-refractivity contribution is -0.138. The normalized spacial score (nSPS) is 13.4. The molecule has 0 radical (unpaired) electrons. The van der Waals surface area contributed by atoms with Gasteiger partial charge in [-0.1, -0.05) is 0 Å². The Morgan fingerprint density at radius 3 is 2.00 bits per heavy atom. The lowest BCUT2D eigenvalue weighted by Gasteiger charge is -2.18. The maximum Gasteiger partial charge on any atom is 0.420 e. The second-order valence-electron chi connectivity index (χ2n) is 3.95. The average molecular weight is 318 g/mol. The Morgan fingerprint density at radius 1 is 1.29 bits per heavy atom. The molecule has 1 aromatic heterocycles. The van der Waals surface area contributed by atoms with Gasteiger partial charge in [-0.2, -0.15) is 18.3 Å². The van der Waals surface area contributed by atoms with Gasteiger partial charge in [0, 0.05) is 6.20 Å². The highest BCUT2D eigenvalue weighted by molar-refractivity contribution is 14.1. The topological polar surface area (TPSA) is 17.8 Å². The van der Waals surface area contributed by atoms with Gasteiger partial charge in [-0.05, 0) is 43.4 Å². The largest absolute Gasteiger partial charge is 0.420 e. The molecule has 0 spiro atoms. The van der Waals surface area contributed by atoms with Crippen LogP contribution in [0, 0.1) is 3.70 Å². The van der Waals surface area contributed by atoms with Crippen molar-refractivity contribution >= 4 is 22.6 Å². The molecule has 0 aliphatic carbocycles. The fourth-order valence-electron chi connectivity index (χ4n) is 0.887. The van der Waals surface area contributed by atoms with E-state index < -0.39 is 17.3 Å². The van der Waals surface area contributed by atoms with Crippen LogP contribution in [-0.2, 0) is 11.7 Å². The summed E-state index contributed by atoms with van der Waals surface area (Å²) in [7, 11) is 0. The number of rotatable bonds is 0. The molecule has 0 N–H and O–H groups in total. The number of halogens is 4. The van der Waals surface area contributed by atoms with Crippen LogP contribution >= 0.6 is 22.6 Å². The molecule has 14 heavy (non-hydrogen) atoms. The molecule has 1 heterocycles. The van der Waals surface area contributed by atoms with E-state index >= 15 is 0 Å². The van der Waals surface area contributed by atoms with E-state index in [1.54, 1.807) is 43.4 Å². The molecule has 6 heteroatoms. The van der Waals surface area contributed by atoms with Gasteiger partial charge in [0.15, 0.2) is 0 Å². The Kier molecular flexibility index (Phi) is 2.86. The minimum atomic E-state index is -4.32. The molecule has 80 valence electrons. The Bertz CT molecular complexity index is 335. The van der Waals surface area contributed by atoms with Crippen molar-refractivity contribution in [2.24, 2.45) is 0 Å². The summed E-state index contributed by atoms with van der Waals surface area (Å²) in [6.07, 6.45) is -3.28. The van der Waals surface area contributed by atoms with E-state index in [2.05, 4.69) is 5.10 Å². The molecule has 1 aromatic rings.